The number of carbonyl (C=O) groups is 2. The van der Waals surface area contributed by atoms with Crippen LogP contribution in [0.15, 0.2) is 24.5 Å². The molecule has 29 heavy (non-hydrogen) atoms. The van der Waals surface area contributed by atoms with Gasteiger partial charge in [-0.05, 0) is 49.9 Å². The summed E-state index contributed by atoms with van der Waals surface area (Å²) >= 11 is 0. The minimum absolute atomic E-state index is 0.00346. The van der Waals surface area contributed by atoms with E-state index < -0.39 is 0 Å². The predicted octanol–water partition coefficient (Wildman–Crippen LogP) is 1.97. The van der Waals surface area contributed by atoms with Crippen molar-refractivity contribution in [3.05, 3.63) is 52.5 Å². The maximum atomic E-state index is 13.0. The highest BCUT2D eigenvalue weighted by molar-refractivity contribution is 5.94. The third-order valence-corrected chi connectivity index (χ3v) is 5.80. The third-order valence-electron chi connectivity index (χ3n) is 5.80. The number of piperazine rings is 1. The minimum Gasteiger partial charge on any atom is -0.355 e. The number of nitrogens with one attached hydrogen (secondary N) is 1. The predicted molar refractivity (Wildman–Crippen MR) is 111 cm³/mol. The van der Waals surface area contributed by atoms with Crippen molar-refractivity contribution in [1.29, 1.82) is 0 Å². The summed E-state index contributed by atoms with van der Waals surface area (Å²) in [6.45, 7) is 9.55. The largest absolute Gasteiger partial charge is 0.355 e. The molecule has 0 aliphatic carbocycles. The molecule has 7 nitrogen and oxygen atoms in total. The molecule has 0 saturated carbocycles. The number of pyridine rings is 2. The summed E-state index contributed by atoms with van der Waals surface area (Å²) in [6.07, 6.45) is 4.27. The fourth-order valence-corrected chi connectivity index (χ4v) is 4.27. The summed E-state index contributed by atoms with van der Waals surface area (Å²) in [5.41, 5.74) is 4.58. The highest BCUT2D eigenvalue weighted by Gasteiger charge is 2.29. The van der Waals surface area contributed by atoms with Gasteiger partial charge in [0, 0.05) is 45.1 Å². The summed E-state index contributed by atoms with van der Waals surface area (Å²) in [5, 5.41) is 2.85. The number of hydrogen-bond donors (Lipinski definition) is 1. The van der Waals surface area contributed by atoms with Crippen LogP contribution in [0.5, 0.6) is 0 Å². The van der Waals surface area contributed by atoms with Crippen molar-refractivity contribution in [2.75, 3.05) is 37.6 Å². The van der Waals surface area contributed by atoms with Crippen molar-refractivity contribution in [2.45, 2.75) is 33.1 Å². The lowest BCUT2D eigenvalue weighted by Gasteiger charge is -2.36. The number of carbonyl (C=O) groups excluding carboxylic acids is 2. The highest BCUT2D eigenvalue weighted by Crippen LogP contribution is 2.25. The second kappa shape index (κ2) is 7.81. The van der Waals surface area contributed by atoms with Crippen molar-refractivity contribution in [2.24, 2.45) is 0 Å². The molecule has 2 aliphatic rings. The van der Waals surface area contributed by atoms with E-state index in [1.807, 2.05) is 31.0 Å². The van der Waals surface area contributed by atoms with E-state index >= 15 is 0 Å². The molecule has 0 bridgehead atoms. The zero-order valence-corrected chi connectivity index (χ0v) is 17.2. The van der Waals surface area contributed by atoms with Crippen LogP contribution in [-0.4, -0.2) is 59.4 Å². The molecule has 1 atom stereocenters. The van der Waals surface area contributed by atoms with E-state index in [9.17, 15) is 9.59 Å². The highest BCUT2D eigenvalue weighted by atomic mass is 16.2. The first-order valence-electron chi connectivity index (χ1n) is 10.2. The number of aryl methyl sites for hydroxylation is 3. The van der Waals surface area contributed by atoms with Gasteiger partial charge in [-0.3, -0.25) is 14.6 Å². The van der Waals surface area contributed by atoms with Crippen molar-refractivity contribution in [3.63, 3.8) is 0 Å². The van der Waals surface area contributed by atoms with E-state index in [0.717, 1.165) is 47.7 Å². The van der Waals surface area contributed by atoms with Gasteiger partial charge >= 0.3 is 0 Å². The Bertz CT molecular complexity index is 950. The number of hydrogen-bond acceptors (Lipinski definition) is 5. The van der Waals surface area contributed by atoms with Gasteiger partial charge in [-0.2, -0.15) is 0 Å². The lowest BCUT2D eigenvalue weighted by molar-refractivity contribution is -0.120. The first kappa shape index (κ1) is 19.4. The van der Waals surface area contributed by atoms with Gasteiger partial charge in [0.2, 0.25) is 5.91 Å². The van der Waals surface area contributed by atoms with Crippen LogP contribution >= 0.6 is 0 Å². The van der Waals surface area contributed by atoms with Gasteiger partial charge in [-0.1, -0.05) is 6.07 Å². The summed E-state index contributed by atoms with van der Waals surface area (Å²) in [5.74, 6) is 0.819. The molecule has 2 fully saturated rings. The maximum absolute atomic E-state index is 13.0. The fraction of sp³-hybridized carbons (Fsp3) is 0.455. The molecule has 7 heteroatoms. The first-order chi connectivity index (χ1) is 13.9. The second-order valence-electron chi connectivity index (χ2n) is 7.99. The van der Waals surface area contributed by atoms with Crippen molar-refractivity contribution in [3.8, 4) is 0 Å². The second-order valence-corrected chi connectivity index (χ2v) is 7.99. The Morgan fingerprint density at radius 2 is 1.79 bits per heavy atom. The van der Waals surface area contributed by atoms with E-state index in [4.69, 9.17) is 0 Å². The molecular weight excluding hydrogens is 366 g/mol. The average Bonchev–Trinajstić information content (AvgIpc) is 3.13. The van der Waals surface area contributed by atoms with Gasteiger partial charge in [0.15, 0.2) is 0 Å². The van der Waals surface area contributed by atoms with E-state index in [1.165, 1.54) is 0 Å². The van der Waals surface area contributed by atoms with Crippen LogP contribution in [0.25, 0.3) is 0 Å². The Kier molecular flexibility index (Phi) is 5.22. The standard InChI is InChI=1S/C22H27N5O2/c1-14-10-16(3)20(25-12-14)26-6-8-27(9-7-26)22(29)17-11-15(2)19(24-13-17)18-4-5-23-21(18)28/h10-13,18H,4-9H2,1-3H3,(H,23,28). The van der Waals surface area contributed by atoms with E-state index in [0.29, 0.717) is 25.2 Å². The monoisotopic (exact) mass is 393 g/mol. The molecular formula is C22H27N5O2. The van der Waals surface area contributed by atoms with Gasteiger partial charge in [0.05, 0.1) is 17.2 Å². The Labute approximate surface area is 171 Å². The van der Waals surface area contributed by atoms with Crippen LogP contribution in [0.3, 0.4) is 0 Å². The Morgan fingerprint density at radius 1 is 1.03 bits per heavy atom. The smallest absolute Gasteiger partial charge is 0.255 e. The van der Waals surface area contributed by atoms with Crippen LogP contribution in [0, 0.1) is 20.8 Å². The van der Waals surface area contributed by atoms with Crippen LogP contribution in [-0.2, 0) is 4.79 Å². The SMILES string of the molecule is Cc1cnc(N2CCN(C(=O)c3cnc(C4CCNC4=O)c(C)c3)CC2)c(C)c1. The van der Waals surface area contributed by atoms with Crippen LogP contribution in [0.1, 0.15) is 45.1 Å². The summed E-state index contributed by atoms with van der Waals surface area (Å²) in [6, 6.07) is 4.01. The topological polar surface area (TPSA) is 78.4 Å². The number of nitrogens with zero attached hydrogens (tertiary/aromatic N) is 4. The molecule has 0 radical (unpaired) electrons. The van der Waals surface area contributed by atoms with Gasteiger partial charge in [-0.15, -0.1) is 0 Å². The number of rotatable bonds is 3. The quantitative estimate of drug-likeness (QED) is 0.863. The van der Waals surface area contributed by atoms with Gasteiger partial charge in [0.25, 0.3) is 5.91 Å². The van der Waals surface area contributed by atoms with Crippen molar-refractivity contribution in [1.82, 2.24) is 20.2 Å². The van der Waals surface area contributed by atoms with E-state index in [1.54, 1.807) is 6.20 Å². The molecule has 4 heterocycles. The molecule has 0 spiro atoms. The fourth-order valence-electron chi connectivity index (χ4n) is 4.27. The van der Waals surface area contributed by atoms with Gasteiger partial charge in [-0.25, -0.2) is 4.98 Å². The molecule has 2 aliphatic heterocycles. The lowest BCUT2D eigenvalue weighted by atomic mass is 9.98. The molecule has 152 valence electrons. The summed E-state index contributed by atoms with van der Waals surface area (Å²) in [4.78, 5) is 38.1. The molecule has 2 aromatic rings. The number of aromatic nitrogens is 2. The molecule has 1 N–H and O–H groups in total. The minimum atomic E-state index is -0.201. The van der Waals surface area contributed by atoms with Gasteiger partial charge < -0.3 is 15.1 Å². The molecule has 2 saturated heterocycles. The Balaban J connectivity index is 1.43. The number of amides is 2. The Hall–Kier alpha value is -2.96. The average molecular weight is 393 g/mol. The molecule has 0 aromatic carbocycles. The molecule has 1 unspecified atom stereocenters. The summed E-state index contributed by atoms with van der Waals surface area (Å²) in [7, 11) is 0. The van der Waals surface area contributed by atoms with Crippen molar-refractivity contribution >= 4 is 17.6 Å². The molecule has 2 amide bonds. The van der Waals surface area contributed by atoms with Crippen LogP contribution in [0.4, 0.5) is 5.82 Å². The Morgan fingerprint density at radius 3 is 2.41 bits per heavy atom. The number of anilines is 1. The first-order valence-corrected chi connectivity index (χ1v) is 10.2. The maximum Gasteiger partial charge on any atom is 0.255 e. The van der Waals surface area contributed by atoms with E-state index in [2.05, 4.69) is 33.2 Å². The van der Waals surface area contributed by atoms with E-state index in [-0.39, 0.29) is 17.7 Å². The van der Waals surface area contributed by atoms with Crippen LogP contribution < -0.4 is 10.2 Å². The molecule has 4 rings (SSSR count). The normalized spacial score (nSPS) is 19.4. The molecule has 2 aromatic heterocycles. The zero-order chi connectivity index (χ0) is 20.5. The van der Waals surface area contributed by atoms with Crippen molar-refractivity contribution < 1.29 is 9.59 Å². The van der Waals surface area contributed by atoms with Crippen LogP contribution in [0.2, 0.25) is 0 Å². The van der Waals surface area contributed by atoms with Gasteiger partial charge in [0.1, 0.15) is 5.82 Å². The summed E-state index contributed by atoms with van der Waals surface area (Å²) < 4.78 is 0. The lowest BCUT2D eigenvalue weighted by Crippen LogP contribution is -2.49. The third kappa shape index (κ3) is 3.81. The zero-order valence-electron chi connectivity index (χ0n) is 17.2.